The minimum absolute atomic E-state index is 0.122. The van der Waals surface area contributed by atoms with Crippen molar-refractivity contribution in [3.8, 4) is 17.2 Å². The molecule has 8 nitrogen and oxygen atoms in total. The fraction of sp³-hybridized carbons (Fsp3) is 0.364. The Kier molecular flexibility index (Phi) is 10.9. The molecule has 0 unspecified atom stereocenters. The molecule has 0 spiro atoms. The fourth-order valence-corrected chi connectivity index (χ4v) is 4.53. The number of methoxy groups -OCH3 is 1. The number of ether oxygens (including phenoxy) is 3. The monoisotopic (exact) mass is 560 g/mol. The van der Waals surface area contributed by atoms with Crippen molar-refractivity contribution in [2.45, 2.75) is 67.2 Å². The summed E-state index contributed by atoms with van der Waals surface area (Å²) in [5.74, 6) is -0.644. The first-order valence-corrected chi connectivity index (χ1v) is 13.8. The lowest BCUT2D eigenvalue weighted by molar-refractivity contribution is -0.132. The number of esters is 2. The van der Waals surface area contributed by atoms with Crippen LogP contribution < -0.4 is 24.4 Å². The van der Waals surface area contributed by atoms with Crippen molar-refractivity contribution in [1.82, 2.24) is 0 Å². The SMILES string of the molecule is COc1cccc2c1Nc1c(OC(C)=O)cc(OC(C)=O)cc1N(C/C=C(\C)CC/C=C(\C)CCC=C(C)C)C2=O. The number of para-hydroxylation sites is 1. The summed E-state index contributed by atoms with van der Waals surface area (Å²) in [4.78, 5) is 39.3. The predicted molar refractivity (Wildman–Crippen MR) is 162 cm³/mol. The highest BCUT2D eigenvalue weighted by molar-refractivity contribution is 6.15. The quantitative estimate of drug-likeness (QED) is 0.171. The van der Waals surface area contributed by atoms with Crippen molar-refractivity contribution in [3.63, 3.8) is 0 Å². The molecular formula is C33H40N2O6. The van der Waals surface area contributed by atoms with Gasteiger partial charge in [0.25, 0.3) is 5.91 Å². The number of allylic oxidation sites excluding steroid dienone is 5. The Bertz CT molecular complexity index is 1400. The van der Waals surface area contributed by atoms with Crippen LogP contribution in [0.15, 0.2) is 65.3 Å². The first-order chi connectivity index (χ1) is 19.5. The maximum absolute atomic E-state index is 14.0. The van der Waals surface area contributed by atoms with Gasteiger partial charge in [0.15, 0.2) is 5.75 Å². The topological polar surface area (TPSA) is 94.2 Å². The third-order valence-electron chi connectivity index (χ3n) is 6.58. The summed E-state index contributed by atoms with van der Waals surface area (Å²) in [5, 5.41) is 3.26. The Balaban J connectivity index is 1.99. The largest absolute Gasteiger partial charge is 0.495 e. The van der Waals surface area contributed by atoms with E-state index in [4.69, 9.17) is 14.2 Å². The highest BCUT2D eigenvalue weighted by Crippen LogP contribution is 2.47. The Morgan fingerprint density at radius 3 is 2.12 bits per heavy atom. The number of carbonyl (C=O) groups excluding carboxylic acids is 3. The van der Waals surface area contributed by atoms with E-state index in [1.54, 1.807) is 29.2 Å². The van der Waals surface area contributed by atoms with E-state index >= 15 is 0 Å². The van der Waals surface area contributed by atoms with Crippen LogP contribution in [0.4, 0.5) is 17.1 Å². The van der Waals surface area contributed by atoms with Crippen LogP contribution >= 0.6 is 0 Å². The van der Waals surface area contributed by atoms with Crippen LogP contribution in [0.1, 0.15) is 77.6 Å². The molecule has 218 valence electrons. The van der Waals surface area contributed by atoms with Crippen molar-refractivity contribution in [1.29, 1.82) is 0 Å². The standard InChI is InChI=1S/C33H40N2O6/c1-21(2)11-8-12-22(3)13-9-14-23(4)17-18-35-28-19-26(40-24(5)36)20-30(41-25(6)37)32(28)34-31-27(33(35)38)15-10-16-29(31)39-7/h10-11,13,15-17,19-20,34H,8-9,12,14,18H2,1-7H3/b22-13+,23-17+. The third-order valence-corrected chi connectivity index (χ3v) is 6.58. The van der Waals surface area contributed by atoms with Crippen molar-refractivity contribution < 1.29 is 28.6 Å². The fourth-order valence-electron chi connectivity index (χ4n) is 4.53. The summed E-state index contributed by atoms with van der Waals surface area (Å²) in [5.41, 5.74) is 5.45. The van der Waals surface area contributed by atoms with Gasteiger partial charge in [0.2, 0.25) is 0 Å². The maximum atomic E-state index is 14.0. The van der Waals surface area contributed by atoms with Gasteiger partial charge in [0, 0.05) is 32.5 Å². The molecule has 0 bridgehead atoms. The van der Waals surface area contributed by atoms with Crippen LogP contribution in [0.25, 0.3) is 0 Å². The average molecular weight is 561 g/mol. The normalized spacial score (nSPS) is 13.0. The molecule has 1 N–H and O–H groups in total. The number of amides is 1. The highest BCUT2D eigenvalue weighted by atomic mass is 16.5. The molecule has 2 aromatic rings. The lowest BCUT2D eigenvalue weighted by Gasteiger charge is -2.23. The number of hydrogen-bond donors (Lipinski definition) is 1. The summed E-state index contributed by atoms with van der Waals surface area (Å²) >= 11 is 0. The first-order valence-electron chi connectivity index (χ1n) is 13.8. The molecule has 8 heteroatoms. The number of nitrogens with zero attached hydrogens (tertiary/aromatic N) is 1. The van der Waals surface area contributed by atoms with Crippen molar-refractivity contribution >= 4 is 34.9 Å². The predicted octanol–water partition coefficient (Wildman–Crippen LogP) is 7.67. The summed E-state index contributed by atoms with van der Waals surface area (Å²) in [6, 6.07) is 8.24. The molecule has 1 aliphatic heterocycles. The average Bonchev–Trinajstić information content (AvgIpc) is 3.00. The van der Waals surface area contributed by atoms with Crippen LogP contribution in [0.3, 0.4) is 0 Å². The van der Waals surface area contributed by atoms with E-state index in [-0.39, 0.29) is 24.0 Å². The highest BCUT2D eigenvalue weighted by Gasteiger charge is 2.31. The van der Waals surface area contributed by atoms with Gasteiger partial charge in [0.05, 0.1) is 24.0 Å². The van der Waals surface area contributed by atoms with Gasteiger partial charge in [-0.25, -0.2) is 0 Å². The molecule has 0 saturated carbocycles. The van der Waals surface area contributed by atoms with Gasteiger partial charge in [0.1, 0.15) is 17.2 Å². The molecule has 0 atom stereocenters. The van der Waals surface area contributed by atoms with E-state index in [0.717, 1.165) is 31.3 Å². The first kappa shape index (κ1) is 31.2. The van der Waals surface area contributed by atoms with Crippen LogP contribution in [-0.4, -0.2) is 31.5 Å². The van der Waals surface area contributed by atoms with Gasteiger partial charge in [-0.1, -0.05) is 41.0 Å². The molecule has 1 aliphatic rings. The van der Waals surface area contributed by atoms with Crippen LogP contribution in [0.2, 0.25) is 0 Å². The number of hydrogen-bond acceptors (Lipinski definition) is 7. The van der Waals surface area contributed by atoms with Gasteiger partial charge >= 0.3 is 11.9 Å². The Labute approximate surface area is 242 Å². The molecule has 2 aromatic carbocycles. The molecule has 0 radical (unpaired) electrons. The van der Waals surface area contributed by atoms with Crippen LogP contribution in [-0.2, 0) is 9.59 Å². The van der Waals surface area contributed by atoms with Gasteiger partial charge in [-0.3, -0.25) is 14.4 Å². The summed E-state index contributed by atoms with van der Waals surface area (Å²) < 4.78 is 16.4. The van der Waals surface area contributed by atoms with Gasteiger partial charge in [-0.05, 0) is 65.5 Å². The molecular weight excluding hydrogens is 520 g/mol. The molecule has 0 aliphatic carbocycles. The molecule has 0 saturated heterocycles. The molecule has 0 fully saturated rings. The van der Waals surface area contributed by atoms with Gasteiger partial charge in [-0.2, -0.15) is 0 Å². The Hall–Kier alpha value is -4.33. The van der Waals surface area contributed by atoms with Gasteiger partial charge in [-0.15, -0.1) is 0 Å². The number of nitrogens with one attached hydrogen (secondary N) is 1. The molecule has 1 heterocycles. The van der Waals surface area contributed by atoms with E-state index in [0.29, 0.717) is 28.4 Å². The lowest BCUT2D eigenvalue weighted by Crippen LogP contribution is -2.30. The zero-order valence-corrected chi connectivity index (χ0v) is 25.1. The Morgan fingerprint density at radius 1 is 0.829 bits per heavy atom. The smallest absolute Gasteiger partial charge is 0.308 e. The second kappa shape index (κ2) is 14.3. The molecule has 0 aromatic heterocycles. The van der Waals surface area contributed by atoms with Crippen LogP contribution in [0.5, 0.6) is 17.2 Å². The summed E-state index contributed by atoms with van der Waals surface area (Å²) in [7, 11) is 1.52. The van der Waals surface area contributed by atoms with E-state index in [2.05, 4.69) is 38.2 Å². The zero-order valence-electron chi connectivity index (χ0n) is 25.1. The lowest BCUT2D eigenvalue weighted by atomic mass is 10.1. The number of rotatable bonds is 11. The molecule has 41 heavy (non-hydrogen) atoms. The number of carbonyl (C=O) groups is 3. The van der Waals surface area contributed by atoms with Crippen molar-refractivity contribution in [2.24, 2.45) is 0 Å². The van der Waals surface area contributed by atoms with Crippen molar-refractivity contribution in [2.75, 3.05) is 23.9 Å². The van der Waals surface area contributed by atoms with Crippen molar-refractivity contribution in [3.05, 3.63) is 70.8 Å². The molecule has 1 amide bonds. The van der Waals surface area contributed by atoms with Crippen LogP contribution in [0, 0.1) is 0 Å². The van der Waals surface area contributed by atoms with E-state index in [1.807, 2.05) is 13.0 Å². The zero-order chi connectivity index (χ0) is 30.1. The van der Waals surface area contributed by atoms with Gasteiger partial charge < -0.3 is 24.4 Å². The summed E-state index contributed by atoms with van der Waals surface area (Å²) in [6.07, 6.45) is 10.4. The third kappa shape index (κ3) is 8.58. The van der Waals surface area contributed by atoms with E-state index < -0.39 is 11.9 Å². The number of benzene rings is 2. The second-order valence-corrected chi connectivity index (χ2v) is 10.4. The number of anilines is 3. The minimum atomic E-state index is -0.559. The van der Waals surface area contributed by atoms with E-state index in [9.17, 15) is 14.4 Å². The maximum Gasteiger partial charge on any atom is 0.308 e. The van der Waals surface area contributed by atoms with E-state index in [1.165, 1.54) is 38.2 Å². The molecule has 3 rings (SSSR count). The Morgan fingerprint density at radius 2 is 1.49 bits per heavy atom. The summed E-state index contributed by atoms with van der Waals surface area (Å²) in [6.45, 7) is 11.2. The minimum Gasteiger partial charge on any atom is -0.495 e. The number of fused-ring (bicyclic) bond motifs is 2. The second-order valence-electron chi connectivity index (χ2n) is 10.4.